The molecule has 2 rings (SSSR count). The van der Waals surface area contributed by atoms with Crippen molar-refractivity contribution in [2.75, 3.05) is 20.3 Å². The van der Waals surface area contributed by atoms with E-state index >= 15 is 0 Å². The first-order valence-electron chi connectivity index (χ1n) is 5.35. The van der Waals surface area contributed by atoms with Crippen LogP contribution in [0.25, 0.3) is 0 Å². The lowest BCUT2D eigenvalue weighted by Gasteiger charge is -2.08. The highest BCUT2D eigenvalue weighted by Gasteiger charge is 2.22. The molecule has 16 heavy (non-hydrogen) atoms. The van der Waals surface area contributed by atoms with Crippen LogP contribution >= 0.6 is 0 Å². The van der Waals surface area contributed by atoms with Crippen LogP contribution in [-0.4, -0.2) is 20.3 Å². The number of benzene rings is 1. The molecule has 0 radical (unpaired) electrons. The summed E-state index contributed by atoms with van der Waals surface area (Å²) in [5.74, 6) is 4.25. The Labute approximate surface area is 95.8 Å². The molecule has 0 aromatic heterocycles. The Bertz CT molecular complexity index is 409. The number of ether oxygens (including phenoxy) is 2. The van der Waals surface area contributed by atoms with Gasteiger partial charge < -0.3 is 14.8 Å². The molecule has 0 saturated heterocycles. The normalized spacial score (nSPS) is 17.4. The van der Waals surface area contributed by atoms with Gasteiger partial charge in [-0.2, -0.15) is 0 Å². The third kappa shape index (κ3) is 2.12. The second-order valence-corrected chi connectivity index (χ2v) is 3.65. The van der Waals surface area contributed by atoms with Gasteiger partial charge in [-0.05, 0) is 19.2 Å². The summed E-state index contributed by atoms with van der Waals surface area (Å²) in [6.45, 7) is 1.23. The molecule has 84 valence electrons. The zero-order valence-corrected chi connectivity index (χ0v) is 9.32. The summed E-state index contributed by atoms with van der Waals surface area (Å²) in [4.78, 5) is 0. The van der Waals surface area contributed by atoms with Crippen LogP contribution in [0.2, 0.25) is 0 Å². The average Bonchev–Trinajstić information content (AvgIpc) is 2.71. The number of likely N-dealkylation sites (N-methyl/N-ethyl adjacent to an activating group) is 1. The van der Waals surface area contributed by atoms with Crippen molar-refractivity contribution in [1.82, 2.24) is 5.32 Å². The van der Waals surface area contributed by atoms with Crippen LogP contribution < -0.4 is 14.8 Å². The van der Waals surface area contributed by atoms with Gasteiger partial charge in [0, 0.05) is 18.1 Å². The van der Waals surface area contributed by atoms with Gasteiger partial charge in [0.25, 0.3) is 0 Å². The Hall–Kier alpha value is -1.66. The van der Waals surface area contributed by atoms with Crippen LogP contribution in [-0.2, 0) is 0 Å². The summed E-state index contributed by atoms with van der Waals surface area (Å²) in [5.41, 5.74) is 1.19. The predicted molar refractivity (Wildman–Crippen MR) is 62.7 cm³/mol. The molecule has 0 bridgehead atoms. The monoisotopic (exact) mass is 217 g/mol. The minimum atomic E-state index is 0.287. The quantitative estimate of drug-likeness (QED) is 0.615. The highest BCUT2D eigenvalue weighted by Crippen LogP contribution is 2.34. The van der Waals surface area contributed by atoms with Crippen LogP contribution in [0.1, 0.15) is 18.0 Å². The fraction of sp³-hybridized carbons (Fsp3) is 0.385. The summed E-state index contributed by atoms with van der Waals surface area (Å²) in [6.07, 6.45) is 5.78. The lowest BCUT2D eigenvalue weighted by molar-refractivity contribution is 0.310. The van der Waals surface area contributed by atoms with Crippen molar-refractivity contribution in [2.24, 2.45) is 0 Å². The largest absolute Gasteiger partial charge is 0.492 e. The summed E-state index contributed by atoms with van der Waals surface area (Å²) in [6, 6.07) is 6.20. The molecule has 1 aromatic carbocycles. The molecule has 1 unspecified atom stereocenters. The molecule has 1 atom stereocenters. The van der Waals surface area contributed by atoms with Gasteiger partial charge in [-0.15, -0.1) is 12.3 Å². The molecule has 1 heterocycles. The first kappa shape index (κ1) is 10.8. The molecule has 1 aliphatic rings. The van der Waals surface area contributed by atoms with E-state index in [2.05, 4.69) is 11.2 Å². The lowest BCUT2D eigenvalue weighted by atomic mass is 10.1. The van der Waals surface area contributed by atoms with Crippen molar-refractivity contribution in [3.05, 3.63) is 23.8 Å². The molecular weight excluding hydrogens is 202 g/mol. The number of terminal acetylenes is 1. The third-order valence-electron chi connectivity index (χ3n) is 2.63. The standard InChI is InChI=1S/C13H15NO2/c1-3-4-7-15-10-5-6-11-12(14-2)9-16-13(11)8-10/h1,5-6,8,12,14H,4,7,9H2,2H3. The highest BCUT2D eigenvalue weighted by atomic mass is 16.5. The van der Waals surface area contributed by atoms with Gasteiger partial charge in [0.2, 0.25) is 0 Å². The Kier molecular flexibility index (Phi) is 3.33. The van der Waals surface area contributed by atoms with E-state index in [0.29, 0.717) is 19.6 Å². The maximum atomic E-state index is 5.57. The second-order valence-electron chi connectivity index (χ2n) is 3.65. The van der Waals surface area contributed by atoms with Gasteiger partial charge in [0.1, 0.15) is 18.1 Å². The maximum Gasteiger partial charge on any atom is 0.127 e. The summed E-state index contributed by atoms with van der Waals surface area (Å²) < 4.78 is 11.1. The molecule has 0 fully saturated rings. The van der Waals surface area contributed by atoms with Gasteiger partial charge in [-0.3, -0.25) is 0 Å². The minimum Gasteiger partial charge on any atom is -0.492 e. The molecule has 3 nitrogen and oxygen atoms in total. The topological polar surface area (TPSA) is 30.5 Å². The van der Waals surface area contributed by atoms with Crippen molar-refractivity contribution in [3.8, 4) is 23.8 Å². The Morgan fingerprint density at radius 3 is 3.25 bits per heavy atom. The zero-order chi connectivity index (χ0) is 11.4. The molecule has 0 saturated carbocycles. The van der Waals surface area contributed by atoms with Crippen molar-refractivity contribution >= 4 is 0 Å². The molecule has 1 aliphatic heterocycles. The van der Waals surface area contributed by atoms with Crippen molar-refractivity contribution in [1.29, 1.82) is 0 Å². The smallest absolute Gasteiger partial charge is 0.127 e. The van der Waals surface area contributed by atoms with E-state index in [1.54, 1.807) is 0 Å². The van der Waals surface area contributed by atoms with E-state index in [0.717, 1.165) is 11.5 Å². The molecule has 1 aromatic rings. The van der Waals surface area contributed by atoms with Crippen LogP contribution in [0.4, 0.5) is 0 Å². The predicted octanol–water partition coefficient (Wildman–Crippen LogP) is 1.74. The van der Waals surface area contributed by atoms with Crippen LogP contribution in [0.15, 0.2) is 18.2 Å². The molecule has 0 amide bonds. The second kappa shape index (κ2) is 4.91. The van der Waals surface area contributed by atoms with Crippen molar-refractivity contribution in [3.63, 3.8) is 0 Å². The first-order valence-corrected chi connectivity index (χ1v) is 5.35. The van der Waals surface area contributed by atoms with Crippen molar-refractivity contribution in [2.45, 2.75) is 12.5 Å². The number of fused-ring (bicyclic) bond motifs is 1. The Morgan fingerprint density at radius 2 is 2.50 bits per heavy atom. The van der Waals surface area contributed by atoms with Crippen LogP contribution in [0.5, 0.6) is 11.5 Å². The van der Waals surface area contributed by atoms with E-state index < -0.39 is 0 Å². The van der Waals surface area contributed by atoms with Crippen molar-refractivity contribution < 1.29 is 9.47 Å². The van der Waals surface area contributed by atoms with E-state index in [-0.39, 0.29) is 6.04 Å². The van der Waals surface area contributed by atoms with E-state index in [9.17, 15) is 0 Å². The molecular formula is C13H15NO2. The van der Waals surface area contributed by atoms with Crippen LogP contribution in [0, 0.1) is 12.3 Å². The SMILES string of the molecule is C#CCCOc1ccc2c(c1)OCC2NC. The number of hydrogen-bond donors (Lipinski definition) is 1. The Morgan fingerprint density at radius 1 is 1.62 bits per heavy atom. The zero-order valence-electron chi connectivity index (χ0n) is 9.32. The van der Waals surface area contributed by atoms with Gasteiger partial charge in [-0.25, -0.2) is 0 Å². The van der Waals surface area contributed by atoms with Gasteiger partial charge in [0.05, 0.1) is 12.6 Å². The highest BCUT2D eigenvalue weighted by molar-refractivity contribution is 5.44. The van der Waals surface area contributed by atoms with Crippen LogP contribution in [0.3, 0.4) is 0 Å². The summed E-state index contributed by atoms with van der Waals surface area (Å²) >= 11 is 0. The fourth-order valence-electron chi connectivity index (χ4n) is 1.75. The maximum absolute atomic E-state index is 5.57. The van der Waals surface area contributed by atoms with Gasteiger partial charge in [-0.1, -0.05) is 0 Å². The molecule has 0 aliphatic carbocycles. The average molecular weight is 217 g/mol. The molecule has 1 N–H and O–H groups in total. The third-order valence-corrected chi connectivity index (χ3v) is 2.63. The van der Waals surface area contributed by atoms with E-state index in [1.165, 1.54) is 5.56 Å². The Balaban J connectivity index is 2.07. The van der Waals surface area contributed by atoms with Gasteiger partial charge in [0.15, 0.2) is 0 Å². The fourth-order valence-corrected chi connectivity index (χ4v) is 1.75. The number of rotatable bonds is 4. The summed E-state index contributed by atoms with van der Waals surface area (Å²) in [7, 11) is 1.93. The molecule has 3 heteroatoms. The number of hydrogen-bond acceptors (Lipinski definition) is 3. The number of nitrogens with one attached hydrogen (secondary N) is 1. The first-order chi connectivity index (χ1) is 7.85. The molecule has 0 spiro atoms. The summed E-state index contributed by atoms with van der Waals surface area (Å²) in [5, 5.41) is 3.20. The van der Waals surface area contributed by atoms with E-state index in [1.807, 2.05) is 25.2 Å². The lowest BCUT2D eigenvalue weighted by Crippen LogP contribution is -2.17. The van der Waals surface area contributed by atoms with Gasteiger partial charge >= 0.3 is 0 Å². The minimum absolute atomic E-state index is 0.287. The van der Waals surface area contributed by atoms with E-state index in [4.69, 9.17) is 15.9 Å².